The van der Waals surface area contributed by atoms with E-state index < -0.39 is 11.8 Å². The fraction of sp³-hybridized carbons (Fsp3) is 0.556. The highest BCUT2D eigenvalue weighted by atomic mass is 16.3. The maximum Gasteiger partial charge on any atom is 0.313 e. The summed E-state index contributed by atoms with van der Waals surface area (Å²) in [4.78, 5) is 26.1. The summed E-state index contributed by atoms with van der Waals surface area (Å²) >= 11 is 0. The highest BCUT2D eigenvalue weighted by Crippen LogP contribution is 2.16. The van der Waals surface area contributed by atoms with E-state index in [0.29, 0.717) is 24.7 Å². The van der Waals surface area contributed by atoms with E-state index in [9.17, 15) is 9.59 Å². The van der Waals surface area contributed by atoms with E-state index in [1.807, 2.05) is 26.0 Å². The van der Waals surface area contributed by atoms with Crippen molar-refractivity contribution in [2.45, 2.75) is 26.7 Å². The number of carbonyl (C=O) groups excluding carboxylic acids is 2. The zero-order valence-electron chi connectivity index (χ0n) is 14.5. The molecule has 1 unspecified atom stereocenters. The van der Waals surface area contributed by atoms with Crippen molar-refractivity contribution < 1.29 is 14.7 Å². The van der Waals surface area contributed by atoms with Crippen LogP contribution in [0.5, 0.6) is 0 Å². The number of anilines is 1. The van der Waals surface area contributed by atoms with Gasteiger partial charge in [-0.2, -0.15) is 0 Å². The topological polar surface area (TPSA) is 81.7 Å². The van der Waals surface area contributed by atoms with Crippen molar-refractivity contribution in [1.29, 1.82) is 0 Å². The summed E-state index contributed by atoms with van der Waals surface area (Å²) in [6.45, 7) is 7.10. The minimum Gasteiger partial charge on any atom is -0.395 e. The Morgan fingerprint density at radius 3 is 2.75 bits per heavy atom. The second-order valence-corrected chi connectivity index (χ2v) is 6.50. The Morgan fingerprint density at radius 2 is 2.04 bits per heavy atom. The molecule has 3 N–H and O–H groups in total. The van der Waals surface area contributed by atoms with Gasteiger partial charge in [0.05, 0.1) is 6.61 Å². The molecule has 1 saturated heterocycles. The summed E-state index contributed by atoms with van der Waals surface area (Å²) in [5, 5.41) is 14.4. The molecule has 0 aliphatic carbocycles. The summed E-state index contributed by atoms with van der Waals surface area (Å²) in [6.07, 6.45) is 2.08. The van der Waals surface area contributed by atoms with E-state index in [1.165, 1.54) is 0 Å². The van der Waals surface area contributed by atoms with Crippen LogP contribution in [0.15, 0.2) is 18.2 Å². The summed E-state index contributed by atoms with van der Waals surface area (Å²) in [6, 6.07) is 5.57. The van der Waals surface area contributed by atoms with Crippen molar-refractivity contribution >= 4 is 17.5 Å². The van der Waals surface area contributed by atoms with E-state index in [2.05, 4.69) is 15.5 Å². The van der Waals surface area contributed by atoms with Crippen molar-refractivity contribution in [2.24, 2.45) is 5.92 Å². The van der Waals surface area contributed by atoms with Crippen LogP contribution in [-0.4, -0.2) is 54.6 Å². The first-order valence-electron chi connectivity index (χ1n) is 8.49. The molecule has 1 heterocycles. The molecule has 1 aliphatic heterocycles. The zero-order valence-corrected chi connectivity index (χ0v) is 14.5. The first-order chi connectivity index (χ1) is 11.5. The van der Waals surface area contributed by atoms with Gasteiger partial charge in [-0.25, -0.2) is 0 Å². The molecular formula is C18H27N3O3. The van der Waals surface area contributed by atoms with E-state index >= 15 is 0 Å². The SMILES string of the molecule is Cc1ccc(NC(=O)C(=O)NCC2CCCN(CCO)C2)cc1C. The number of hydrogen-bond donors (Lipinski definition) is 3. The Kier molecular flexibility index (Phi) is 6.75. The van der Waals surface area contributed by atoms with Gasteiger partial charge < -0.3 is 20.6 Å². The number of aryl methyl sites for hydroxylation is 2. The molecule has 0 saturated carbocycles. The number of carbonyl (C=O) groups is 2. The van der Waals surface area contributed by atoms with E-state index in [0.717, 1.165) is 37.1 Å². The lowest BCUT2D eigenvalue weighted by Crippen LogP contribution is -2.44. The Balaban J connectivity index is 1.79. The van der Waals surface area contributed by atoms with Crippen LogP contribution in [0.3, 0.4) is 0 Å². The summed E-state index contributed by atoms with van der Waals surface area (Å²) in [5.41, 5.74) is 2.84. The van der Waals surface area contributed by atoms with Crippen molar-refractivity contribution in [3.05, 3.63) is 29.3 Å². The molecule has 0 radical (unpaired) electrons. The Morgan fingerprint density at radius 1 is 1.25 bits per heavy atom. The number of rotatable bonds is 5. The van der Waals surface area contributed by atoms with Crippen LogP contribution >= 0.6 is 0 Å². The minimum absolute atomic E-state index is 0.150. The number of likely N-dealkylation sites (tertiary alicyclic amines) is 1. The molecule has 2 amide bonds. The van der Waals surface area contributed by atoms with E-state index in [4.69, 9.17) is 5.11 Å². The molecule has 1 aliphatic rings. The van der Waals surface area contributed by atoms with Gasteiger partial charge in [0.25, 0.3) is 0 Å². The third-order valence-electron chi connectivity index (χ3n) is 4.54. The van der Waals surface area contributed by atoms with Crippen LogP contribution in [0.2, 0.25) is 0 Å². The zero-order chi connectivity index (χ0) is 17.5. The number of amides is 2. The quantitative estimate of drug-likeness (QED) is 0.704. The predicted molar refractivity (Wildman–Crippen MR) is 93.8 cm³/mol. The molecule has 6 heteroatoms. The highest BCUT2D eigenvalue weighted by molar-refractivity contribution is 6.39. The number of nitrogens with one attached hydrogen (secondary N) is 2. The van der Waals surface area contributed by atoms with Crippen molar-refractivity contribution in [3.63, 3.8) is 0 Å². The highest BCUT2D eigenvalue weighted by Gasteiger charge is 2.21. The van der Waals surface area contributed by atoms with Crippen LogP contribution in [-0.2, 0) is 9.59 Å². The molecule has 1 aromatic rings. The summed E-state index contributed by atoms with van der Waals surface area (Å²) in [7, 11) is 0. The second-order valence-electron chi connectivity index (χ2n) is 6.50. The van der Waals surface area contributed by atoms with Gasteiger partial charge in [-0.05, 0) is 62.4 Å². The molecule has 0 spiro atoms. The number of β-amino-alcohol motifs (C(OH)–C–C–N with tert-alkyl or cyclic N) is 1. The summed E-state index contributed by atoms with van der Waals surface area (Å²) in [5.74, 6) is -0.919. The number of aliphatic hydroxyl groups excluding tert-OH is 1. The van der Waals surface area contributed by atoms with Gasteiger partial charge in [-0.3, -0.25) is 9.59 Å². The number of benzene rings is 1. The smallest absolute Gasteiger partial charge is 0.313 e. The standard InChI is InChI=1S/C18H27N3O3/c1-13-5-6-16(10-14(13)2)20-18(24)17(23)19-11-15-4-3-7-21(12-15)8-9-22/h5-6,10,15,22H,3-4,7-9,11-12H2,1-2H3,(H,19,23)(H,20,24). The van der Waals surface area contributed by atoms with Gasteiger partial charge in [0, 0.05) is 25.3 Å². The molecule has 1 fully saturated rings. The third-order valence-corrected chi connectivity index (χ3v) is 4.54. The lowest BCUT2D eigenvalue weighted by Gasteiger charge is -2.32. The lowest BCUT2D eigenvalue weighted by molar-refractivity contribution is -0.136. The first-order valence-corrected chi connectivity index (χ1v) is 8.49. The summed E-state index contributed by atoms with van der Waals surface area (Å²) < 4.78 is 0. The Hall–Kier alpha value is -1.92. The van der Waals surface area contributed by atoms with Gasteiger partial charge in [0.2, 0.25) is 0 Å². The van der Waals surface area contributed by atoms with Crippen LogP contribution in [0.25, 0.3) is 0 Å². The second kappa shape index (κ2) is 8.80. The van der Waals surface area contributed by atoms with E-state index in [1.54, 1.807) is 6.07 Å². The molecule has 6 nitrogen and oxygen atoms in total. The van der Waals surface area contributed by atoms with Crippen molar-refractivity contribution in [1.82, 2.24) is 10.2 Å². The molecule has 132 valence electrons. The van der Waals surface area contributed by atoms with Crippen LogP contribution < -0.4 is 10.6 Å². The maximum absolute atomic E-state index is 12.0. The lowest BCUT2D eigenvalue weighted by atomic mass is 9.98. The largest absolute Gasteiger partial charge is 0.395 e. The first kappa shape index (κ1) is 18.4. The van der Waals surface area contributed by atoms with Gasteiger partial charge in [-0.15, -0.1) is 0 Å². The van der Waals surface area contributed by atoms with Gasteiger partial charge >= 0.3 is 11.8 Å². The van der Waals surface area contributed by atoms with Crippen molar-refractivity contribution in [3.8, 4) is 0 Å². The fourth-order valence-electron chi connectivity index (χ4n) is 2.99. The average molecular weight is 333 g/mol. The van der Waals surface area contributed by atoms with Gasteiger partial charge in [-0.1, -0.05) is 6.07 Å². The maximum atomic E-state index is 12.0. The van der Waals surface area contributed by atoms with Crippen LogP contribution in [0.4, 0.5) is 5.69 Å². The molecule has 1 aromatic carbocycles. The molecule has 0 bridgehead atoms. The third kappa shape index (κ3) is 5.32. The molecular weight excluding hydrogens is 306 g/mol. The number of hydrogen-bond acceptors (Lipinski definition) is 4. The van der Waals surface area contributed by atoms with Gasteiger partial charge in [0.15, 0.2) is 0 Å². The normalized spacial score (nSPS) is 18.2. The molecule has 2 rings (SSSR count). The number of piperidine rings is 1. The molecule has 0 aromatic heterocycles. The van der Waals surface area contributed by atoms with Gasteiger partial charge in [0.1, 0.15) is 0 Å². The molecule has 24 heavy (non-hydrogen) atoms. The number of aliphatic hydroxyl groups is 1. The molecule has 1 atom stereocenters. The Labute approximate surface area is 143 Å². The van der Waals surface area contributed by atoms with Crippen LogP contribution in [0.1, 0.15) is 24.0 Å². The average Bonchev–Trinajstić information content (AvgIpc) is 2.56. The fourth-order valence-corrected chi connectivity index (χ4v) is 2.99. The van der Waals surface area contributed by atoms with Crippen LogP contribution in [0, 0.1) is 19.8 Å². The number of nitrogens with zero attached hydrogens (tertiary/aromatic N) is 1. The Bertz CT molecular complexity index is 587. The minimum atomic E-state index is -0.638. The monoisotopic (exact) mass is 333 g/mol. The van der Waals surface area contributed by atoms with Crippen molar-refractivity contribution in [2.75, 3.05) is 38.1 Å². The van der Waals surface area contributed by atoms with E-state index in [-0.39, 0.29) is 6.61 Å². The predicted octanol–water partition coefficient (Wildman–Crippen LogP) is 1.06.